The Labute approximate surface area is 79.5 Å². The number of nitrogens with two attached hydrogens (primary N) is 1. The van der Waals surface area contributed by atoms with Gasteiger partial charge in [0.2, 0.25) is 5.91 Å². The van der Waals surface area contributed by atoms with Crippen molar-refractivity contribution >= 4 is 17.6 Å². The summed E-state index contributed by atoms with van der Waals surface area (Å²) in [5, 5.41) is 2.16. The number of aromatic nitrogens is 2. The van der Waals surface area contributed by atoms with E-state index in [1.807, 2.05) is 0 Å². The molecule has 0 saturated heterocycles. The lowest BCUT2D eigenvalue weighted by molar-refractivity contribution is -0.119. The first-order valence-electron chi connectivity index (χ1n) is 4.05. The second-order valence-corrected chi connectivity index (χ2v) is 3.03. The summed E-state index contributed by atoms with van der Waals surface area (Å²) >= 11 is 0. The number of hydrogen-bond donors (Lipinski definition) is 2. The Kier molecular flexibility index (Phi) is 1.70. The highest BCUT2D eigenvalue weighted by atomic mass is 16.2. The number of imide groups is 1. The third-order valence-electron chi connectivity index (χ3n) is 1.93. The molecule has 1 aliphatic rings. The van der Waals surface area contributed by atoms with Crippen LogP contribution in [0.4, 0.5) is 5.82 Å². The van der Waals surface area contributed by atoms with Gasteiger partial charge in [0.1, 0.15) is 17.2 Å². The monoisotopic (exact) mass is 192 g/mol. The molecule has 2 heterocycles. The highest BCUT2D eigenvalue weighted by molar-refractivity contribution is 6.11. The van der Waals surface area contributed by atoms with E-state index in [0.717, 1.165) is 0 Å². The van der Waals surface area contributed by atoms with Crippen molar-refractivity contribution in [2.24, 2.45) is 0 Å². The molecule has 2 amide bonds. The van der Waals surface area contributed by atoms with Crippen LogP contribution in [0.2, 0.25) is 0 Å². The second-order valence-electron chi connectivity index (χ2n) is 3.03. The van der Waals surface area contributed by atoms with Crippen LogP contribution in [0.3, 0.4) is 0 Å². The van der Waals surface area contributed by atoms with Gasteiger partial charge in [-0.25, -0.2) is 9.97 Å². The minimum atomic E-state index is -0.520. The lowest BCUT2D eigenvalue weighted by Crippen LogP contribution is -2.38. The Hall–Kier alpha value is -1.98. The van der Waals surface area contributed by atoms with Crippen LogP contribution in [-0.4, -0.2) is 21.8 Å². The quantitative estimate of drug-likeness (QED) is 0.523. The van der Waals surface area contributed by atoms with Crippen molar-refractivity contribution in [3.63, 3.8) is 0 Å². The number of fused-ring (bicyclic) bond motifs is 1. The molecule has 0 saturated carbocycles. The molecule has 6 nitrogen and oxygen atoms in total. The zero-order chi connectivity index (χ0) is 10.3. The zero-order valence-electron chi connectivity index (χ0n) is 7.50. The van der Waals surface area contributed by atoms with Gasteiger partial charge in [-0.05, 0) is 6.92 Å². The average Bonchev–Trinajstić information content (AvgIpc) is 1.99. The Morgan fingerprint density at radius 1 is 1.36 bits per heavy atom. The standard InChI is InChI=1S/C8H8N4O2/c1-3-10-4-2-5(13)12-8(14)6(4)7(9)11-3/h2H2,1H3,(H2,9,10,11)(H,12,13,14). The molecule has 0 spiro atoms. The molecule has 1 aromatic rings. The number of nitrogens with zero attached hydrogens (tertiary/aromatic N) is 2. The van der Waals surface area contributed by atoms with E-state index in [0.29, 0.717) is 11.5 Å². The van der Waals surface area contributed by atoms with Gasteiger partial charge >= 0.3 is 0 Å². The van der Waals surface area contributed by atoms with Gasteiger partial charge < -0.3 is 5.73 Å². The molecule has 1 aliphatic heterocycles. The lowest BCUT2D eigenvalue weighted by atomic mass is 10.1. The zero-order valence-corrected chi connectivity index (χ0v) is 7.50. The summed E-state index contributed by atoms with van der Waals surface area (Å²) in [6, 6.07) is 0. The van der Waals surface area contributed by atoms with Crippen LogP contribution in [0.1, 0.15) is 21.9 Å². The van der Waals surface area contributed by atoms with E-state index in [9.17, 15) is 9.59 Å². The highest BCUT2D eigenvalue weighted by Gasteiger charge is 2.26. The van der Waals surface area contributed by atoms with Crippen molar-refractivity contribution in [2.75, 3.05) is 5.73 Å². The number of nitrogens with one attached hydrogen (secondary N) is 1. The van der Waals surface area contributed by atoms with Crippen molar-refractivity contribution < 1.29 is 9.59 Å². The number of anilines is 1. The van der Waals surface area contributed by atoms with Gasteiger partial charge in [0, 0.05) is 0 Å². The van der Waals surface area contributed by atoms with Crippen LogP contribution in [0.25, 0.3) is 0 Å². The first kappa shape index (κ1) is 8.61. The highest BCUT2D eigenvalue weighted by Crippen LogP contribution is 2.17. The van der Waals surface area contributed by atoms with Crippen LogP contribution in [-0.2, 0) is 11.2 Å². The number of carbonyl (C=O) groups excluding carboxylic acids is 2. The van der Waals surface area contributed by atoms with Crippen LogP contribution >= 0.6 is 0 Å². The van der Waals surface area contributed by atoms with Gasteiger partial charge in [0.15, 0.2) is 0 Å². The maximum absolute atomic E-state index is 11.3. The van der Waals surface area contributed by atoms with Gasteiger partial charge in [-0.1, -0.05) is 0 Å². The summed E-state index contributed by atoms with van der Waals surface area (Å²) in [6.45, 7) is 1.66. The van der Waals surface area contributed by atoms with Crippen LogP contribution in [0.15, 0.2) is 0 Å². The molecule has 6 heteroatoms. The number of nitrogen functional groups attached to an aromatic ring is 1. The number of amides is 2. The summed E-state index contributed by atoms with van der Waals surface area (Å²) in [5.74, 6) is -0.296. The van der Waals surface area contributed by atoms with E-state index in [4.69, 9.17) is 5.73 Å². The summed E-state index contributed by atoms with van der Waals surface area (Å²) in [7, 11) is 0. The van der Waals surface area contributed by atoms with Crippen molar-refractivity contribution in [3.8, 4) is 0 Å². The van der Waals surface area contributed by atoms with E-state index in [-0.39, 0.29) is 23.7 Å². The molecule has 0 atom stereocenters. The molecule has 3 N–H and O–H groups in total. The second kappa shape index (κ2) is 2.76. The van der Waals surface area contributed by atoms with Gasteiger partial charge in [-0.3, -0.25) is 14.9 Å². The maximum Gasteiger partial charge on any atom is 0.263 e. The van der Waals surface area contributed by atoms with E-state index < -0.39 is 5.91 Å². The summed E-state index contributed by atoms with van der Waals surface area (Å²) < 4.78 is 0. The largest absolute Gasteiger partial charge is 0.383 e. The van der Waals surface area contributed by atoms with Crippen LogP contribution < -0.4 is 11.1 Å². The molecular weight excluding hydrogens is 184 g/mol. The fourth-order valence-corrected chi connectivity index (χ4v) is 1.41. The van der Waals surface area contributed by atoms with Crippen LogP contribution in [0, 0.1) is 6.92 Å². The van der Waals surface area contributed by atoms with Crippen molar-refractivity contribution in [1.82, 2.24) is 15.3 Å². The molecule has 0 bridgehead atoms. The molecule has 0 aromatic carbocycles. The fourth-order valence-electron chi connectivity index (χ4n) is 1.41. The third kappa shape index (κ3) is 1.20. The van der Waals surface area contributed by atoms with Gasteiger partial charge in [-0.15, -0.1) is 0 Å². The first-order chi connectivity index (χ1) is 6.58. The van der Waals surface area contributed by atoms with E-state index in [2.05, 4.69) is 15.3 Å². The van der Waals surface area contributed by atoms with Crippen LogP contribution in [0.5, 0.6) is 0 Å². The van der Waals surface area contributed by atoms with Gasteiger partial charge in [0.25, 0.3) is 5.91 Å². The molecule has 72 valence electrons. The smallest absolute Gasteiger partial charge is 0.263 e. The Morgan fingerprint density at radius 3 is 2.79 bits per heavy atom. The molecule has 0 radical (unpaired) electrons. The first-order valence-corrected chi connectivity index (χ1v) is 4.05. The summed E-state index contributed by atoms with van der Waals surface area (Å²) in [6.07, 6.45) is 0.0780. The third-order valence-corrected chi connectivity index (χ3v) is 1.93. The van der Waals surface area contributed by atoms with E-state index in [1.165, 1.54) is 0 Å². The average molecular weight is 192 g/mol. The van der Waals surface area contributed by atoms with Crippen molar-refractivity contribution in [3.05, 3.63) is 17.1 Å². The predicted octanol–water partition coefficient (Wildman–Crippen LogP) is -0.820. The van der Waals surface area contributed by atoms with Crippen molar-refractivity contribution in [2.45, 2.75) is 13.3 Å². The molecule has 0 aliphatic carbocycles. The predicted molar refractivity (Wildman–Crippen MR) is 47.4 cm³/mol. The minimum absolute atomic E-state index is 0.0780. The molecular formula is C8H8N4O2. The number of rotatable bonds is 0. The minimum Gasteiger partial charge on any atom is -0.383 e. The number of hydrogen-bond acceptors (Lipinski definition) is 5. The lowest BCUT2D eigenvalue weighted by Gasteiger charge is -2.15. The van der Waals surface area contributed by atoms with Gasteiger partial charge in [-0.2, -0.15) is 0 Å². The van der Waals surface area contributed by atoms with E-state index in [1.54, 1.807) is 6.92 Å². The molecule has 0 unspecified atom stereocenters. The SMILES string of the molecule is Cc1nc(N)c2c(n1)CC(=O)NC2=O. The molecule has 2 rings (SSSR count). The number of aryl methyl sites for hydroxylation is 1. The summed E-state index contributed by atoms with van der Waals surface area (Å²) in [5.41, 5.74) is 6.18. The number of carbonyl (C=O) groups is 2. The fraction of sp³-hybridized carbons (Fsp3) is 0.250. The molecule has 14 heavy (non-hydrogen) atoms. The Bertz CT molecular complexity index is 441. The van der Waals surface area contributed by atoms with Crippen molar-refractivity contribution in [1.29, 1.82) is 0 Å². The molecule has 1 aromatic heterocycles. The Balaban J connectivity index is 2.64. The van der Waals surface area contributed by atoms with E-state index >= 15 is 0 Å². The summed E-state index contributed by atoms with van der Waals surface area (Å²) in [4.78, 5) is 30.2. The maximum atomic E-state index is 11.3. The normalized spacial score (nSPS) is 14.9. The molecule has 0 fully saturated rings. The Morgan fingerprint density at radius 2 is 2.07 bits per heavy atom. The van der Waals surface area contributed by atoms with Gasteiger partial charge in [0.05, 0.1) is 12.1 Å². The topological polar surface area (TPSA) is 98.0 Å².